The summed E-state index contributed by atoms with van der Waals surface area (Å²) >= 11 is 0. The summed E-state index contributed by atoms with van der Waals surface area (Å²) in [6.45, 7) is 7.41. The standard InChI is InChI=1S/C7H17O3P/c1-5(2)6(3)7(4)11(8,9)10/h5-7H,1-4H3,(H2,8,9,10). The molecule has 2 unspecified atom stereocenters. The fourth-order valence-electron chi connectivity index (χ4n) is 0.863. The molecule has 0 heterocycles. The van der Waals surface area contributed by atoms with E-state index in [1.807, 2.05) is 20.8 Å². The summed E-state index contributed by atoms with van der Waals surface area (Å²) in [6, 6.07) is 0. The summed E-state index contributed by atoms with van der Waals surface area (Å²) in [4.78, 5) is 17.6. The molecule has 4 heteroatoms. The van der Waals surface area contributed by atoms with Gasteiger partial charge in [0.25, 0.3) is 0 Å². The molecule has 0 aromatic carbocycles. The molecule has 0 saturated heterocycles. The average Bonchev–Trinajstić information content (AvgIpc) is 1.82. The van der Waals surface area contributed by atoms with Gasteiger partial charge in [-0.15, -0.1) is 0 Å². The first-order chi connectivity index (χ1) is 4.76. The van der Waals surface area contributed by atoms with E-state index in [2.05, 4.69) is 0 Å². The highest BCUT2D eigenvalue weighted by Gasteiger charge is 2.30. The smallest absolute Gasteiger partial charge is 0.324 e. The topological polar surface area (TPSA) is 57.5 Å². The Kier molecular flexibility index (Phi) is 3.75. The Morgan fingerprint density at radius 2 is 1.45 bits per heavy atom. The molecule has 0 aliphatic rings. The molecule has 0 aliphatic carbocycles. The van der Waals surface area contributed by atoms with Crippen LogP contribution in [0.5, 0.6) is 0 Å². The minimum Gasteiger partial charge on any atom is -0.324 e. The van der Waals surface area contributed by atoms with Crippen molar-refractivity contribution in [3.05, 3.63) is 0 Å². The van der Waals surface area contributed by atoms with Crippen molar-refractivity contribution in [2.75, 3.05) is 0 Å². The Morgan fingerprint density at radius 1 is 1.09 bits per heavy atom. The largest absolute Gasteiger partial charge is 0.328 e. The minimum absolute atomic E-state index is 0.0656. The molecule has 3 nitrogen and oxygen atoms in total. The zero-order chi connectivity index (χ0) is 9.23. The van der Waals surface area contributed by atoms with Crippen LogP contribution >= 0.6 is 7.60 Å². The molecule has 0 bridgehead atoms. The molecular formula is C7H17O3P. The molecule has 0 spiro atoms. The maximum Gasteiger partial charge on any atom is 0.328 e. The van der Waals surface area contributed by atoms with E-state index < -0.39 is 13.3 Å². The first-order valence-corrected chi connectivity index (χ1v) is 5.50. The third kappa shape index (κ3) is 3.37. The molecule has 0 aromatic heterocycles. The Bertz CT molecular complexity index is 161. The fourth-order valence-corrected chi connectivity index (χ4v) is 1.82. The molecule has 0 aromatic rings. The number of rotatable bonds is 3. The van der Waals surface area contributed by atoms with Gasteiger partial charge in [0, 0.05) is 0 Å². The Balaban J connectivity index is 4.26. The predicted molar refractivity (Wildman–Crippen MR) is 45.5 cm³/mol. The quantitative estimate of drug-likeness (QED) is 0.651. The fraction of sp³-hybridized carbons (Fsp3) is 1.00. The Hall–Kier alpha value is 0.150. The highest BCUT2D eigenvalue weighted by Crippen LogP contribution is 2.46. The molecule has 0 amide bonds. The second-order valence-corrected chi connectivity index (χ2v) is 5.43. The summed E-state index contributed by atoms with van der Waals surface area (Å²) in [5.41, 5.74) is -0.525. The van der Waals surface area contributed by atoms with Crippen LogP contribution in [-0.4, -0.2) is 15.4 Å². The van der Waals surface area contributed by atoms with Crippen molar-refractivity contribution in [2.24, 2.45) is 11.8 Å². The molecule has 0 saturated carbocycles. The lowest BCUT2D eigenvalue weighted by Crippen LogP contribution is -2.19. The summed E-state index contributed by atoms with van der Waals surface area (Å²) in [5, 5.41) is 0. The van der Waals surface area contributed by atoms with Gasteiger partial charge in [0.15, 0.2) is 0 Å². The second-order valence-electron chi connectivity index (χ2n) is 3.43. The molecule has 0 radical (unpaired) electrons. The molecule has 0 rings (SSSR count). The summed E-state index contributed by atoms with van der Waals surface area (Å²) in [5.74, 6) is 0.383. The van der Waals surface area contributed by atoms with Crippen LogP contribution in [0, 0.1) is 11.8 Å². The highest BCUT2D eigenvalue weighted by molar-refractivity contribution is 7.52. The van der Waals surface area contributed by atoms with Crippen LogP contribution in [-0.2, 0) is 4.57 Å². The van der Waals surface area contributed by atoms with Crippen LogP contribution in [0.1, 0.15) is 27.7 Å². The summed E-state index contributed by atoms with van der Waals surface area (Å²) in [6.07, 6.45) is 0. The van der Waals surface area contributed by atoms with Gasteiger partial charge >= 0.3 is 7.60 Å². The molecule has 0 fully saturated rings. The van der Waals surface area contributed by atoms with Gasteiger partial charge in [0.1, 0.15) is 0 Å². The van der Waals surface area contributed by atoms with Crippen molar-refractivity contribution < 1.29 is 14.4 Å². The molecule has 2 atom stereocenters. The van der Waals surface area contributed by atoms with Crippen LogP contribution in [0.15, 0.2) is 0 Å². The van der Waals surface area contributed by atoms with E-state index >= 15 is 0 Å². The maximum atomic E-state index is 10.8. The lowest BCUT2D eigenvalue weighted by atomic mass is 9.95. The van der Waals surface area contributed by atoms with Crippen LogP contribution < -0.4 is 0 Å². The van der Waals surface area contributed by atoms with E-state index in [-0.39, 0.29) is 5.92 Å². The second kappa shape index (κ2) is 3.70. The van der Waals surface area contributed by atoms with Crippen LogP contribution in [0.25, 0.3) is 0 Å². The van der Waals surface area contributed by atoms with Gasteiger partial charge in [-0.1, -0.05) is 27.7 Å². The minimum atomic E-state index is -3.87. The molecule has 0 aliphatic heterocycles. The van der Waals surface area contributed by atoms with Gasteiger partial charge in [0.2, 0.25) is 0 Å². The van der Waals surface area contributed by atoms with Gasteiger partial charge in [-0.2, -0.15) is 0 Å². The van der Waals surface area contributed by atoms with E-state index in [1.54, 1.807) is 6.92 Å². The Labute approximate surface area is 68.0 Å². The number of hydrogen-bond acceptors (Lipinski definition) is 1. The predicted octanol–water partition coefficient (Wildman–Crippen LogP) is 1.84. The van der Waals surface area contributed by atoms with Crippen molar-refractivity contribution >= 4 is 7.60 Å². The van der Waals surface area contributed by atoms with E-state index in [1.165, 1.54) is 0 Å². The maximum absolute atomic E-state index is 10.8. The molecule has 11 heavy (non-hydrogen) atoms. The SMILES string of the molecule is CC(C)C(C)C(C)P(=O)(O)O. The Morgan fingerprint density at radius 3 is 1.55 bits per heavy atom. The van der Waals surface area contributed by atoms with Gasteiger partial charge in [-0.3, -0.25) is 4.57 Å². The van der Waals surface area contributed by atoms with Crippen molar-refractivity contribution in [1.29, 1.82) is 0 Å². The first kappa shape index (κ1) is 11.2. The number of hydrogen-bond donors (Lipinski definition) is 2. The van der Waals surface area contributed by atoms with Crippen molar-refractivity contribution in [1.82, 2.24) is 0 Å². The average molecular weight is 180 g/mol. The van der Waals surface area contributed by atoms with Gasteiger partial charge < -0.3 is 9.79 Å². The lowest BCUT2D eigenvalue weighted by Gasteiger charge is -2.23. The third-order valence-corrected chi connectivity index (χ3v) is 3.87. The third-order valence-electron chi connectivity index (χ3n) is 2.34. The van der Waals surface area contributed by atoms with Gasteiger partial charge in [-0.25, -0.2) is 0 Å². The lowest BCUT2D eigenvalue weighted by molar-refractivity contribution is 0.317. The molecular weight excluding hydrogens is 163 g/mol. The van der Waals surface area contributed by atoms with E-state index in [9.17, 15) is 4.57 Å². The molecule has 2 N–H and O–H groups in total. The van der Waals surface area contributed by atoms with E-state index in [0.717, 1.165) is 0 Å². The monoisotopic (exact) mass is 180 g/mol. The molecule has 68 valence electrons. The van der Waals surface area contributed by atoms with Crippen molar-refractivity contribution in [2.45, 2.75) is 33.4 Å². The van der Waals surface area contributed by atoms with Crippen LogP contribution in [0.3, 0.4) is 0 Å². The van der Waals surface area contributed by atoms with Crippen molar-refractivity contribution in [3.63, 3.8) is 0 Å². The zero-order valence-corrected chi connectivity index (χ0v) is 8.38. The normalized spacial score (nSPS) is 18.5. The zero-order valence-electron chi connectivity index (χ0n) is 7.48. The van der Waals surface area contributed by atoms with E-state index in [0.29, 0.717) is 5.92 Å². The summed E-state index contributed by atoms with van der Waals surface area (Å²) < 4.78 is 10.8. The van der Waals surface area contributed by atoms with Gasteiger partial charge in [-0.05, 0) is 11.8 Å². The van der Waals surface area contributed by atoms with Gasteiger partial charge in [0.05, 0.1) is 5.66 Å². The van der Waals surface area contributed by atoms with Crippen LogP contribution in [0.2, 0.25) is 0 Å². The first-order valence-electron chi connectivity index (χ1n) is 3.82. The van der Waals surface area contributed by atoms with E-state index in [4.69, 9.17) is 9.79 Å². The summed E-state index contributed by atoms with van der Waals surface area (Å²) in [7, 11) is -3.87. The van der Waals surface area contributed by atoms with Crippen molar-refractivity contribution in [3.8, 4) is 0 Å². The van der Waals surface area contributed by atoms with Crippen LogP contribution in [0.4, 0.5) is 0 Å². The highest BCUT2D eigenvalue weighted by atomic mass is 31.2.